The zero-order chi connectivity index (χ0) is 20.1. The van der Waals surface area contributed by atoms with Gasteiger partial charge in [0.15, 0.2) is 0 Å². The fraction of sp³-hybridized carbons (Fsp3) is 0.261. The molecule has 6 heteroatoms. The predicted octanol–water partition coefficient (Wildman–Crippen LogP) is 2.31. The van der Waals surface area contributed by atoms with E-state index in [4.69, 9.17) is 0 Å². The number of carbonyl (C=O) groups excluding carboxylic acids is 2. The van der Waals surface area contributed by atoms with Crippen molar-refractivity contribution in [2.45, 2.75) is 6.54 Å². The molecule has 0 aliphatic carbocycles. The Morgan fingerprint density at radius 3 is 2.45 bits per heavy atom. The molecule has 29 heavy (non-hydrogen) atoms. The predicted molar refractivity (Wildman–Crippen MR) is 112 cm³/mol. The number of amides is 2. The number of benzene rings is 2. The Labute approximate surface area is 170 Å². The lowest BCUT2D eigenvalue weighted by Gasteiger charge is -2.34. The molecule has 3 aromatic rings. The van der Waals surface area contributed by atoms with Gasteiger partial charge in [0.2, 0.25) is 5.91 Å². The van der Waals surface area contributed by atoms with Crippen molar-refractivity contribution in [3.8, 4) is 0 Å². The van der Waals surface area contributed by atoms with E-state index in [2.05, 4.69) is 15.2 Å². The average molecular weight is 388 g/mol. The summed E-state index contributed by atoms with van der Waals surface area (Å²) >= 11 is 0. The van der Waals surface area contributed by atoms with Crippen LogP contribution < -0.4 is 5.32 Å². The zero-order valence-electron chi connectivity index (χ0n) is 16.3. The monoisotopic (exact) mass is 388 g/mol. The average Bonchev–Trinajstić information content (AvgIpc) is 2.78. The van der Waals surface area contributed by atoms with Crippen molar-refractivity contribution in [1.29, 1.82) is 0 Å². The molecule has 1 saturated heterocycles. The molecule has 1 N–H and O–H groups in total. The van der Waals surface area contributed by atoms with Gasteiger partial charge in [0.25, 0.3) is 5.91 Å². The van der Waals surface area contributed by atoms with E-state index in [1.807, 2.05) is 65.6 Å². The third kappa shape index (κ3) is 4.60. The van der Waals surface area contributed by atoms with Crippen LogP contribution in [0.3, 0.4) is 0 Å². The fourth-order valence-electron chi connectivity index (χ4n) is 3.61. The third-order valence-corrected chi connectivity index (χ3v) is 5.22. The van der Waals surface area contributed by atoms with Gasteiger partial charge < -0.3 is 10.2 Å². The number of para-hydroxylation sites is 1. The number of aromatic nitrogens is 1. The standard InChI is InChI=1S/C23H24N4O2/c28-21(25-16-18-6-2-1-3-7-18)17-26-12-14-27(15-13-26)23(29)20-10-4-8-19-9-5-11-24-22(19)20/h1-11H,12-17H2,(H,25,28). The summed E-state index contributed by atoms with van der Waals surface area (Å²) in [6, 6.07) is 19.4. The van der Waals surface area contributed by atoms with Gasteiger partial charge in [-0.25, -0.2) is 0 Å². The summed E-state index contributed by atoms with van der Waals surface area (Å²) in [5.74, 6) is 0.00867. The van der Waals surface area contributed by atoms with Crippen LogP contribution in [0.5, 0.6) is 0 Å². The van der Waals surface area contributed by atoms with E-state index in [0.29, 0.717) is 44.8 Å². The van der Waals surface area contributed by atoms with Gasteiger partial charge in [-0.3, -0.25) is 19.5 Å². The highest BCUT2D eigenvalue weighted by Crippen LogP contribution is 2.18. The molecule has 1 fully saturated rings. The van der Waals surface area contributed by atoms with E-state index in [1.54, 1.807) is 6.20 Å². The van der Waals surface area contributed by atoms with Crippen molar-refractivity contribution < 1.29 is 9.59 Å². The number of pyridine rings is 1. The highest BCUT2D eigenvalue weighted by molar-refractivity contribution is 6.05. The van der Waals surface area contributed by atoms with Crippen LogP contribution in [0.4, 0.5) is 0 Å². The molecule has 148 valence electrons. The van der Waals surface area contributed by atoms with Crippen LogP contribution in [-0.4, -0.2) is 59.3 Å². The van der Waals surface area contributed by atoms with Gasteiger partial charge in [0, 0.05) is 44.3 Å². The summed E-state index contributed by atoms with van der Waals surface area (Å²) in [6.07, 6.45) is 1.71. The van der Waals surface area contributed by atoms with E-state index in [-0.39, 0.29) is 11.8 Å². The number of nitrogens with zero attached hydrogens (tertiary/aromatic N) is 3. The molecule has 0 radical (unpaired) electrons. The summed E-state index contributed by atoms with van der Waals surface area (Å²) in [7, 11) is 0. The maximum Gasteiger partial charge on any atom is 0.256 e. The Morgan fingerprint density at radius 2 is 1.66 bits per heavy atom. The first-order valence-corrected chi connectivity index (χ1v) is 9.87. The SMILES string of the molecule is O=C(CN1CCN(C(=O)c2cccc3cccnc23)CC1)NCc1ccccc1. The van der Waals surface area contributed by atoms with E-state index in [9.17, 15) is 9.59 Å². The van der Waals surface area contributed by atoms with Gasteiger partial charge in [-0.1, -0.05) is 48.5 Å². The smallest absolute Gasteiger partial charge is 0.256 e. The van der Waals surface area contributed by atoms with Gasteiger partial charge in [-0.2, -0.15) is 0 Å². The molecule has 1 aliphatic heterocycles. The molecule has 6 nitrogen and oxygen atoms in total. The fourth-order valence-corrected chi connectivity index (χ4v) is 3.61. The number of nitrogens with one attached hydrogen (secondary N) is 1. The second kappa shape index (κ2) is 8.84. The van der Waals surface area contributed by atoms with Gasteiger partial charge in [0.1, 0.15) is 0 Å². The lowest BCUT2D eigenvalue weighted by atomic mass is 10.1. The highest BCUT2D eigenvalue weighted by Gasteiger charge is 2.24. The first-order valence-electron chi connectivity index (χ1n) is 9.87. The van der Waals surface area contributed by atoms with E-state index in [0.717, 1.165) is 16.5 Å². The number of rotatable bonds is 5. The quantitative estimate of drug-likeness (QED) is 0.729. The molecule has 0 atom stereocenters. The molecule has 0 spiro atoms. The largest absolute Gasteiger partial charge is 0.351 e. The molecular formula is C23H24N4O2. The minimum Gasteiger partial charge on any atom is -0.351 e. The second-order valence-electron chi connectivity index (χ2n) is 7.21. The second-order valence-corrected chi connectivity index (χ2v) is 7.21. The van der Waals surface area contributed by atoms with Crippen molar-refractivity contribution in [2.24, 2.45) is 0 Å². The Balaban J connectivity index is 1.30. The van der Waals surface area contributed by atoms with Crippen molar-refractivity contribution in [3.63, 3.8) is 0 Å². The van der Waals surface area contributed by atoms with E-state index in [1.165, 1.54) is 0 Å². The molecule has 1 aliphatic rings. The normalized spacial score (nSPS) is 14.7. The van der Waals surface area contributed by atoms with Crippen molar-refractivity contribution in [3.05, 3.63) is 78.0 Å². The van der Waals surface area contributed by atoms with Crippen molar-refractivity contribution >= 4 is 22.7 Å². The molecule has 1 aromatic heterocycles. The molecule has 0 unspecified atom stereocenters. The molecule has 2 aromatic carbocycles. The van der Waals surface area contributed by atoms with Crippen LogP contribution in [0.2, 0.25) is 0 Å². The molecule has 0 bridgehead atoms. The van der Waals surface area contributed by atoms with Gasteiger partial charge in [0.05, 0.1) is 17.6 Å². The van der Waals surface area contributed by atoms with Crippen LogP contribution >= 0.6 is 0 Å². The lowest BCUT2D eigenvalue weighted by molar-refractivity contribution is -0.122. The highest BCUT2D eigenvalue weighted by atomic mass is 16.2. The van der Waals surface area contributed by atoms with Crippen molar-refractivity contribution in [2.75, 3.05) is 32.7 Å². The Hall–Kier alpha value is -3.25. The molecular weight excluding hydrogens is 364 g/mol. The third-order valence-electron chi connectivity index (χ3n) is 5.22. The Morgan fingerprint density at radius 1 is 0.897 bits per heavy atom. The van der Waals surface area contributed by atoms with Gasteiger partial charge >= 0.3 is 0 Å². The summed E-state index contributed by atoms with van der Waals surface area (Å²) in [4.78, 5) is 33.5. The summed E-state index contributed by atoms with van der Waals surface area (Å²) in [5.41, 5.74) is 2.46. The Bertz CT molecular complexity index is 993. The topological polar surface area (TPSA) is 65.5 Å². The number of fused-ring (bicyclic) bond motifs is 1. The first kappa shape index (κ1) is 19.1. The van der Waals surface area contributed by atoms with Crippen LogP contribution in [0.1, 0.15) is 15.9 Å². The van der Waals surface area contributed by atoms with Crippen LogP contribution in [0.15, 0.2) is 66.9 Å². The summed E-state index contributed by atoms with van der Waals surface area (Å²) < 4.78 is 0. The molecule has 4 rings (SSSR count). The van der Waals surface area contributed by atoms with Crippen molar-refractivity contribution in [1.82, 2.24) is 20.1 Å². The molecule has 2 amide bonds. The van der Waals surface area contributed by atoms with Gasteiger partial charge in [-0.15, -0.1) is 0 Å². The number of carbonyl (C=O) groups is 2. The Kier molecular flexibility index (Phi) is 5.81. The van der Waals surface area contributed by atoms with E-state index < -0.39 is 0 Å². The van der Waals surface area contributed by atoms with Crippen LogP contribution in [-0.2, 0) is 11.3 Å². The number of piperazine rings is 1. The maximum atomic E-state index is 13.0. The summed E-state index contributed by atoms with van der Waals surface area (Å²) in [5, 5.41) is 3.92. The minimum absolute atomic E-state index is 0.00230. The number of hydrogen-bond donors (Lipinski definition) is 1. The lowest BCUT2D eigenvalue weighted by Crippen LogP contribution is -2.51. The zero-order valence-corrected chi connectivity index (χ0v) is 16.3. The van der Waals surface area contributed by atoms with Crippen LogP contribution in [0.25, 0.3) is 10.9 Å². The minimum atomic E-state index is 0.00230. The summed E-state index contributed by atoms with van der Waals surface area (Å²) in [6.45, 7) is 3.46. The van der Waals surface area contributed by atoms with Gasteiger partial charge in [-0.05, 0) is 17.7 Å². The number of hydrogen-bond acceptors (Lipinski definition) is 4. The molecule has 0 saturated carbocycles. The molecule has 2 heterocycles. The maximum absolute atomic E-state index is 13.0. The van der Waals surface area contributed by atoms with Crippen LogP contribution in [0, 0.1) is 0 Å². The first-order chi connectivity index (χ1) is 14.2. The van der Waals surface area contributed by atoms with E-state index >= 15 is 0 Å².